The minimum absolute atomic E-state index is 0.331. The van der Waals surface area contributed by atoms with Crippen molar-refractivity contribution < 1.29 is 9.53 Å². The van der Waals surface area contributed by atoms with Gasteiger partial charge in [0.25, 0.3) is 0 Å². The number of pyridine rings is 1. The van der Waals surface area contributed by atoms with Crippen LogP contribution in [0, 0.1) is 11.3 Å². The van der Waals surface area contributed by atoms with Gasteiger partial charge < -0.3 is 15.0 Å². The number of urea groups is 1. The van der Waals surface area contributed by atoms with Crippen molar-refractivity contribution in [1.29, 1.82) is 5.26 Å². The van der Waals surface area contributed by atoms with Crippen molar-refractivity contribution in [3.05, 3.63) is 47.1 Å². The van der Waals surface area contributed by atoms with E-state index in [9.17, 15) is 4.79 Å². The first-order valence-electron chi connectivity index (χ1n) is 7.99. The minimum atomic E-state index is -0.484. The lowest BCUT2D eigenvalue weighted by Crippen LogP contribution is -2.21. The molecule has 1 aromatic heterocycles. The van der Waals surface area contributed by atoms with E-state index >= 15 is 0 Å². The van der Waals surface area contributed by atoms with Crippen molar-refractivity contribution >= 4 is 29.1 Å². The average Bonchev–Trinajstić information content (AvgIpc) is 2.60. The van der Waals surface area contributed by atoms with Gasteiger partial charge in [0.15, 0.2) is 0 Å². The maximum Gasteiger partial charge on any atom is 0.324 e. The van der Waals surface area contributed by atoms with Crippen LogP contribution < -0.4 is 15.4 Å². The molecule has 0 bridgehead atoms. The Kier molecular flexibility index (Phi) is 7.21. The largest absolute Gasteiger partial charge is 0.491 e. The Balaban J connectivity index is 1.98. The van der Waals surface area contributed by atoms with Gasteiger partial charge in [-0.3, -0.25) is 5.32 Å². The van der Waals surface area contributed by atoms with Crippen molar-refractivity contribution in [3.63, 3.8) is 0 Å². The third kappa shape index (κ3) is 6.24. The Hall–Kier alpha value is -2.82. The van der Waals surface area contributed by atoms with Crippen LogP contribution in [0.4, 0.5) is 16.3 Å². The van der Waals surface area contributed by atoms with Crippen LogP contribution in [0.2, 0.25) is 5.02 Å². The molecule has 0 atom stereocenters. The number of aromatic nitrogens is 1. The normalized spacial score (nSPS) is 10.3. The zero-order chi connectivity index (χ0) is 18.9. The zero-order valence-corrected chi connectivity index (χ0v) is 15.4. The number of rotatable bonds is 7. The first kappa shape index (κ1) is 19.5. The van der Waals surface area contributed by atoms with Gasteiger partial charge in [0, 0.05) is 17.8 Å². The molecule has 1 heterocycles. The zero-order valence-electron chi connectivity index (χ0n) is 14.6. The van der Waals surface area contributed by atoms with Crippen LogP contribution >= 0.6 is 11.6 Å². The van der Waals surface area contributed by atoms with Gasteiger partial charge in [-0.15, -0.1) is 0 Å². The number of nitrogens with zero attached hydrogens (tertiary/aromatic N) is 3. The number of nitriles is 1. The van der Waals surface area contributed by atoms with Gasteiger partial charge in [-0.1, -0.05) is 11.6 Å². The highest BCUT2D eigenvalue weighted by Crippen LogP contribution is 2.28. The molecule has 2 aromatic rings. The van der Waals surface area contributed by atoms with Gasteiger partial charge in [-0.25, -0.2) is 9.78 Å². The first-order chi connectivity index (χ1) is 12.5. The Morgan fingerprint density at radius 3 is 2.77 bits per heavy atom. The van der Waals surface area contributed by atoms with Crippen LogP contribution in [0.25, 0.3) is 0 Å². The van der Waals surface area contributed by atoms with E-state index in [4.69, 9.17) is 21.6 Å². The molecular weight excluding hydrogens is 354 g/mol. The summed E-state index contributed by atoms with van der Waals surface area (Å²) in [6.07, 6.45) is 2.24. The van der Waals surface area contributed by atoms with Gasteiger partial charge in [0.2, 0.25) is 0 Å². The molecule has 0 aliphatic rings. The van der Waals surface area contributed by atoms with Crippen molar-refractivity contribution in [2.75, 3.05) is 37.9 Å². The SMILES string of the molecule is CN(C)CCCOc1ccc(Cl)cc1NC(=O)Nc1ccc(C#N)cn1. The van der Waals surface area contributed by atoms with Gasteiger partial charge in [-0.2, -0.15) is 5.26 Å². The fourth-order valence-corrected chi connectivity index (χ4v) is 2.26. The number of ether oxygens (including phenoxy) is 1. The molecule has 0 aliphatic carbocycles. The lowest BCUT2D eigenvalue weighted by molar-refractivity contribution is 0.261. The predicted octanol–water partition coefficient (Wildman–Crippen LogP) is 3.58. The molecule has 1 aromatic carbocycles. The summed E-state index contributed by atoms with van der Waals surface area (Å²) in [4.78, 5) is 18.3. The second-order valence-corrected chi connectivity index (χ2v) is 6.21. The summed E-state index contributed by atoms with van der Waals surface area (Å²) in [5, 5.41) is 14.5. The summed E-state index contributed by atoms with van der Waals surface area (Å²) in [6, 6.07) is 9.64. The Labute approximate surface area is 157 Å². The Morgan fingerprint density at radius 2 is 2.12 bits per heavy atom. The number of benzene rings is 1. The molecule has 0 unspecified atom stereocenters. The molecule has 0 aliphatic heterocycles. The molecule has 2 amide bonds. The van der Waals surface area contributed by atoms with Crippen molar-refractivity contribution in [2.24, 2.45) is 0 Å². The first-order valence-corrected chi connectivity index (χ1v) is 8.37. The van der Waals surface area contributed by atoms with Gasteiger partial charge in [0.05, 0.1) is 17.9 Å². The van der Waals surface area contributed by atoms with E-state index in [2.05, 4.69) is 20.5 Å². The van der Waals surface area contributed by atoms with Crippen molar-refractivity contribution in [1.82, 2.24) is 9.88 Å². The molecule has 0 radical (unpaired) electrons. The van der Waals surface area contributed by atoms with Gasteiger partial charge >= 0.3 is 6.03 Å². The van der Waals surface area contributed by atoms with Crippen LogP contribution in [-0.2, 0) is 0 Å². The fraction of sp³-hybridized carbons (Fsp3) is 0.278. The average molecular weight is 374 g/mol. The maximum atomic E-state index is 12.2. The van der Waals surface area contributed by atoms with E-state index in [1.54, 1.807) is 30.3 Å². The van der Waals surface area contributed by atoms with Crippen LogP contribution in [0.5, 0.6) is 5.75 Å². The molecule has 8 heteroatoms. The number of amides is 2. The highest BCUT2D eigenvalue weighted by atomic mass is 35.5. The number of carbonyl (C=O) groups is 1. The summed E-state index contributed by atoms with van der Waals surface area (Å²) in [6.45, 7) is 1.43. The molecule has 26 heavy (non-hydrogen) atoms. The third-order valence-corrected chi connectivity index (χ3v) is 3.57. The summed E-state index contributed by atoms with van der Waals surface area (Å²) >= 11 is 6.02. The summed E-state index contributed by atoms with van der Waals surface area (Å²) < 4.78 is 5.74. The molecule has 0 saturated heterocycles. The molecule has 0 spiro atoms. The number of carbonyl (C=O) groups excluding carboxylic acids is 1. The minimum Gasteiger partial charge on any atom is -0.491 e. The monoisotopic (exact) mass is 373 g/mol. The number of anilines is 2. The quantitative estimate of drug-likeness (QED) is 0.724. The summed E-state index contributed by atoms with van der Waals surface area (Å²) in [5.74, 6) is 0.869. The fourth-order valence-electron chi connectivity index (χ4n) is 2.09. The lowest BCUT2D eigenvalue weighted by Gasteiger charge is -2.14. The smallest absolute Gasteiger partial charge is 0.324 e. The number of hydrogen-bond acceptors (Lipinski definition) is 5. The number of halogens is 1. The molecule has 0 saturated carbocycles. The van der Waals surface area contributed by atoms with E-state index in [-0.39, 0.29) is 0 Å². The van der Waals surface area contributed by atoms with Crippen LogP contribution in [0.3, 0.4) is 0 Å². The maximum absolute atomic E-state index is 12.2. The third-order valence-electron chi connectivity index (χ3n) is 3.33. The highest BCUT2D eigenvalue weighted by molar-refractivity contribution is 6.31. The van der Waals surface area contributed by atoms with E-state index in [1.807, 2.05) is 20.2 Å². The predicted molar refractivity (Wildman–Crippen MR) is 102 cm³/mol. The number of nitrogens with one attached hydrogen (secondary N) is 2. The van der Waals surface area contributed by atoms with E-state index in [0.717, 1.165) is 13.0 Å². The topological polar surface area (TPSA) is 90.3 Å². The van der Waals surface area contributed by atoms with Crippen LogP contribution in [0.1, 0.15) is 12.0 Å². The second kappa shape index (κ2) is 9.61. The van der Waals surface area contributed by atoms with E-state index in [1.165, 1.54) is 6.20 Å². The standard InChI is InChI=1S/C18H20ClN5O2/c1-24(2)8-3-9-26-16-6-5-14(19)10-15(16)22-18(25)23-17-7-4-13(11-20)12-21-17/h4-7,10,12H,3,8-9H2,1-2H3,(H2,21,22,23,25). The summed E-state index contributed by atoms with van der Waals surface area (Å²) in [7, 11) is 3.99. The Bertz CT molecular complexity index is 787. The van der Waals surface area contributed by atoms with Crippen LogP contribution in [-0.4, -0.2) is 43.2 Å². The molecule has 136 valence electrons. The second-order valence-electron chi connectivity index (χ2n) is 5.77. The van der Waals surface area contributed by atoms with E-state index in [0.29, 0.717) is 34.4 Å². The molecule has 7 nitrogen and oxygen atoms in total. The number of hydrogen-bond donors (Lipinski definition) is 2. The van der Waals surface area contributed by atoms with Crippen molar-refractivity contribution in [3.8, 4) is 11.8 Å². The van der Waals surface area contributed by atoms with Gasteiger partial charge in [-0.05, 0) is 50.8 Å². The van der Waals surface area contributed by atoms with E-state index < -0.39 is 6.03 Å². The van der Waals surface area contributed by atoms with Crippen molar-refractivity contribution in [2.45, 2.75) is 6.42 Å². The molecule has 2 rings (SSSR count). The molecule has 2 N–H and O–H groups in total. The van der Waals surface area contributed by atoms with Crippen LogP contribution in [0.15, 0.2) is 36.5 Å². The lowest BCUT2D eigenvalue weighted by atomic mass is 10.3. The highest BCUT2D eigenvalue weighted by Gasteiger charge is 2.10. The molecular formula is C18H20ClN5O2. The molecule has 0 fully saturated rings. The van der Waals surface area contributed by atoms with Gasteiger partial charge in [0.1, 0.15) is 17.6 Å². The summed E-state index contributed by atoms with van der Waals surface area (Å²) in [5.41, 5.74) is 0.882. The Morgan fingerprint density at radius 1 is 1.31 bits per heavy atom.